The fraction of sp³-hybridized carbons (Fsp3) is 0.222. The molecule has 0 radical (unpaired) electrons. The molecule has 26 heavy (non-hydrogen) atoms. The van der Waals surface area contributed by atoms with Crippen molar-refractivity contribution < 1.29 is 9.32 Å². The molecule has 0 spiro atoms. The van der Waals surface area contributed by atoms with Gasteiger partial charge in [0.05, 0.1) is 5.56 Å². The molecule has 0 aliphatic rings. The third-order valence-corrected chi connectivity index (χ3v) is 4.13. The number of carbonyl (C=O) groups is 1. The molecular weight excluding hydrogens is 356 g/mol. The molecule has 3 rings (SSSR count). The van der Waals surface area contributed by atoms with Gasteiger partial charge in [-0.15, -0.1) is 0 Å². The summed E-state index contributed by atoms with van der Waals surface area (Å²) in [6.07, 6.45) is 1.34. The van der Waals surface area contributed by atoms with Gasteiger partial charge in [0.15, 0.2) is 0 Å². The van der Waals surface area contributed by atoms with E-state index >= 15 is 0 Å². The summed E-state index contributed by atoms with van der Waals surface area (Å²) in [6.45, 7) is 4.41. The molecule has 0 aliphatic heterocycles. The molecule has 0 bridgehead atoms. The number of hydrogen-bond acceptors (Lipinski definition) is 5. The van der Waals surface area contributed by atoms with Crippen LogP contribution in [-0.2, 0) is 6.54 Å². The number of rotatable bonds is 5. The summed E-state index contributed by atoms with van der Waals surface area (Å²) in [5.41, 5.74) is 1.79. The van der Waals surface area contributed by atoms with Crippen molar-refractivity contribution in [3.63, 3.8) is 0 Å². The molecule has 0 saturated carbocycles. The number of hydrogen-bond donors (Lipinski definition) is 1. The number of nitrogens with zero attached hydrogens (tertiary/aromatic N) is 3. The first-order chi connectivity index (χ1) is 12.5. The van der Waals surface area contributed by atoms with E-state index in [1.165, 1.54) is 17.2 Å². The van der Waals surface area contributed by atoms with E-state index in [2.05, 4.69) is 15.1 Å². The van der Waals surface area contributed by atoms with E-state index in [1.807, 2.05) is 38.1 Å². The van der Waals surface area contributed by atoms with E-state index in [4.69, 9.17) is 16.1 Å². The Morgan fingerprint density at radius 2 is 2.15 bits per heavy atom. The molecule has 1 amide bonds. The van der Waals surface area contributed by atoms with Gasteiger partial charge in [-0.25, -0.2) is 0 Å². The van der Waals surface area contributed by atoms with Gasteiger partial charge in [0.25, 0.3) is 11.5 Å². The minimum absolute atomic E-state index is 0.0357. The van der Waals surface area contributed by atoms with E-state index in [0.717, 1.165) is 11.1 Å². The lowest BCUT2D eigenvalue weighted by Crippen LogP contribution is -2.31. The van der Waals surface area contributed by atoms with Crippen LogP contribution in [0.5, 0.6) is 0 Å². The molecule has 2 aromatic heterocycles. The maximum absolute atomic E-state index is 12.6. The summed E-state index contributed by atoms with van der Waals surface area (Å²) in [6, 6.07) is 9.10. The topological polar surface area (TPSA) is 92.1 Å². The maximum atomic E-state index is 12.6. The molecule has 1 aromatic carbocycles. The smallest absolute Gasteiger partial charge is 0.266 e. The fourth-order valence-corrected chi connectivity index (χ4v) is 2.65. The molecule has 3 aromatic rings. The van der Waals surface area contributed by atoms with Crippen LogP contribution in [0.4, 0.5) is 0 Å². The van der Waals surface area contributed by atoms with Gasteiger partial charge in [0.2, 0.25) is 11.7 Å². The summed E-state index contributed by atoms with van der Waals surface area (Å²) in [7, 11) is 0. The highest BCUT2D eigenvalue weighted by Crippen LogP contribution is 2.18. The molecule has 0 fully saturated rings. The van der Waals surface area contributed by atoms with Crippen LogP contribution >= 0.6 is 11.6 Å². The Morgan fingerprint density at radius 1 is 1.35 bits per heavy atom. The summed E-state index contributed by atoms with van der Waals surface area (Å²) >= 11 is 5.79. The number of pyridine rings is 1. The summed E-state index contributed by atoms with van der Waals surface area (Å²) in [5, 5.41) is 3.94. The number of aromatic amines is 1. The van der Waals surface area contributed by atoms with Gasteiger partial charge in [-0.05, 0) is 26.0 Å². The van der Waals surface area contributed by atoms with Gasteiger partial charge >= 0.3 is 0 Å². The Bertz CT molecular complexity index is 996. The van der Waals surface area contributed by atoms with Crippen molar-refractivity contribution in [3.05, 3.63) is 68.9 Å². The van der Waals surface area contributed by atoms with Crippen LogP contribution in [0.3, 0.4) is 0 Å². The highest BCUT2D eigenvalue weighted by molar-refractivity contribution is 6.30. The van der Waals surface area contributed by atoms with Crippen molar-refractivity contribution in [3.8, 4) is 11.4 Å². The summed E-state index contributed by atoms with van der Waals surface area (Å²) in [5.74, 6) is 0.507. The standard InChI is InChI=1S/C18H17ClN4O3/c1-3-23(18(25)13-8-14(19)17(24)20-9-13)10-15-21-16(22-26-15)12-6-4-5-11(2)7-12/h4-9H,3,10H2,1-2H3,(H,20,24). The molecule has 8 heteroatoms. The van der Waals surface area contributed by atoms with Gasteiger partial charge in [-0.1, -0.05) is 40.5 Å². The van der Waals surface area contributed by atoms with E-state index in [-0.39, 0.29) is 23.0 Å². The highest BCUT2D eigenvalue weighted by Gasteiger charge is 2.19. The van der Waals surface area contributed by atoms with Crippen molar-refractivity contribution in [1.29, 1.82) is 0 Å². The minimum atomic E-state index is -0.439. The van der Waals surface area contributed by atoms with E-state index < -0.39 is 5.56 Å². The predicted molar refractivity (Wildman–Crippen MR) is 97.0 cm³/mol. The molecule has 7 nitrogen and oxygen atoms in total. The monoisotopic (exact) mass is 372 g/mol. The third kappa shape index (κ3) is 3.83. The lowest BCUT2D eigenvalue weighted by atomic mass is 10.1. The second kappa shape index (κ2) is 7.53. The van der Waals surface area contributed by atoms with Crippen LogP contribution in [0.15, 0.2) is 45.8 Å². The summed E-state index contributed by atoms with van der Waals surface area (Å²) in [4.78, 5) is 32.3. The van der Waals surface area contributed by atoms with E-state index in [9.17, 15) is 9.59 Å². The number of carbonyl (C=O) groups excluding carboxylic acids is 1. The largest absolute Gasteiger partial charge is 0.337 e. The number of aromatic nitrogens is 3. The molecule has 0 atom stereocenters. The second-order valence-corrected chi connectivity index (χ2v) is 6.17. The number of amides is 1. The van der Waals surface area contributed by atoms with Crippen LogP contribution in [-0.4, -0.2) is 32.5 Å². The van der Waals surface area contributed by atoms with E-state index in [0.29, 0.717) is 18.3 Å². The zero-order valence-corrected chi connectivity index (χ0v) is 15.1. The average Bonchev–Trinajstić information content (AvgIpc) is 3.10. The Balaban J connectivity index is 1.79. The van der Waals surface area contributed by atoms with Crippen molar-refractivity contribution in [1.82, 2.24) is 20.0 Å². The van der Waals surface area contributed by atoms with Crippen molar-refractivity contribution >= 4 is 17.5 Å². The number of halogens is 1. The Hall–Kier alpha value is -2.93. The molecule has 134 valence electrons. The normalized spacial score (nSPS) is 10.7. The highest BCUT2D eigenvalue weighted by atomic mass is 35.5. The van der Waals surface area contributed by atoms with Gasteiger partial charge in [-0.2, -0.15) is 4.98 Å². The minimum Gasteiger partial charge on any atom is -0.337 e. The lowest BCUT2D eigenvalue weighted by Gasteiger charge is -2.18. The molecule has 2 heterocycles. The van der Waals surface area contributed by atoms with Gasteiger partial charge in [0, 0.05) is 18.3 Å². The van der Waals surface area contributed by atoms with Crippen LogP contribution in [0.25, 0.3) is 11.4 Å². The molecule has 0 saturated heterocycles. The van der Waals surface area contributed by atoms with Crippen LogP contribution in [0.1, 0.15) is 28.7 Å². The quantitative estimate of drug-likeness (QED) is 0.743. The van der Waals surface area contributed by atoms with Crippen LogP contribution < -0.4 is 5.56 Å². The first kappa shape index (κ1) is 17.9. The molecular formula is C18H17ClN4O3. The number of H-pyrrole nitrogens is 1. The van der Waals surface area contributed by atoms with E-state index in [1.54, 1.807) is 0 Å². The van der Waals surface area contributed by atoms with Gasteiger partial charge in [-0.3, -0.25) is 9.59 Å². The number of aryl methyl sites for hydroxylation is 1. The molecule has 0 unspecified atom stereocenters. The van der Waals surface area contributed by atoms with Crippen molar-refractivity contribution in [2.24, 2.45) is 0 Å². The Kier molecular flexibility index (Phi) is 5.18. The summed E-state index contributed by atoms with van der Waals surface area (Å²) < 4.78 is 5.28. The van der Waals surface area contributed by atoms with Gasteiger partial charge < -0.3 is 14.4 Å². The average molecular weight is 373 g/mol. The first-order valence-electron chi connectivity index (χ1n) is 8.05. The fourth-order valence-electron chi connectivity index (χ4n) is 2.47. The van der Waals surface area contributed by atoms with Crippen LogP contribution in [0.2, 0.25) is 5.02 Å². The van der Waals surface area contributed by atoms with Gasteiger partial charge in [0.1, 0.15) is 11.6 Å². The first-order valence-corrected chi connectivity index (χ1v) is 8.43. The zero-order valence-electron chi connectivity index (χ0n) is 14.3. The zero-order chi connectivity index (χ0) is 18.7. The number of nitrogens with one attached hydrogen (secondary N) is 1. The molecule has 1 N–H and O–H groups in total. The van der Waals surface area contributed by atoms with Crippen molar-refractivity contribution in [2.75, 3.05) is 6.54 Å². The SMILES string of the molecule is CCN(Cc1nc(-c2cccc(C)c2)no1)C(=O)c1c[nH]c(=O)c(Cl)c1. The second-order valence-electron chi connectivity index (χ2n) is 5.77. The van der Waals surface area contributed by atoms with Crippen LogP contribution in [0, 0.1) is 6.92 Å². The molecule has 0 aliphatic carbocycles. The maximum Gasteiger partial charge on any atom is 0.266 e. The Morgan fingerprint density at radius 3 is 2.85 bits per heavy atom. The predicted octanol–water partition coefficient (Wildman–Crippen LogP) is 3.05. The lowest BCUT2D eigenvalue weighted by molar-refractivity contribution is 0.0734. The number of benzene rings is 1. The Labute approximate surface area is 154 Å². The van der Waals surface area contributed by atoms with Crippen molar-refractivity contribution in [2.45, 2.75) is 20.4 Å². The third-order valence-electron chi connectivity index (χ3n) is 3.84.